The summed E-state index contributed by atoms with van der Waals surface area (Å²) in [4.78, 5) is 0. The number of hydrogen-bond donors (Lipinski definition) is 1. The third-order valence-corrected chi connectivity index (χ3v) is 4.63. The highest BCUT2D eigenvalue weighted by Crippen LogP contribution is 2.30. The van der Waals surface area contributed by atoms with Gasteiger partial charge in [0.05, 0.1) is 0 Å². The van der Waals surface area contributed by atoms with Crippen LogP contribution in [-0.2, 0) is 6.42 Å². The Morgan fingerprint density at radius 1 is 1.37 bits per heavy atom. The first-order valence-electron chi connectivity index (χ1n) is 7.69. The van der Waals surface area contributed by atoms with Crippen molar-refractivity contribution >= 4 is 11.6 Å². The molecule has 1 N–H and O–H groups in total. The van der Waals surface area contributed by atoms with Gasteiger partial charge in [0.15, 0.2) is 0 Å². The van der Waals surface area contributed by atoms with E-state index in [2.05, 4.69) is 36.5 Å². The lowest BCUT2D eigenvalue weighted by molar-refractivity contribution is 0.426. The van der Waals surface area contributed by atoms with Gasteiger partial charge < -0.3 is 5.32 Å². The van der Waals surface area contributed by atoms with Crippen LogP contribution in [0.25, 0.3) is 0 Å². The Kier molecular flexibility index (Phi) is 6.19. The third kappa shape index (κ3) is 4.22. The first kappa shape index (κ1) is 14.9. The Morgan fingerprint density at radius 3 is 3.00 bits per heavy atom. The van der Waals surface area contributed by atoms with Gasteiger partial charge in [0.25, 0.3) is 0 Å². The second kappa shape index (κ2) is 7.91. The maximum absolute atomic E-state index is 5.84. The van der Waals surface area contributed by atoms with Crippen molar-refractivity contribution in [3.63, 3.8) is 0 Å². The van der Waals surface area contributed by atoms with Gasteiger partial charge in [-0.25, -0.2) is 0 Å². The van der Waals surface area contributed by atoms with Crippen LogP contribution >= 0.6 is 11.6 Å². The molecule has 0 saturated carbocycles. The van der Waals surface area contributed by atoms with E-state index in [4.69, 9.17) is 11.6 Å². The first-order valence-corrected chi connectivity index (χ1v) is 8.23. The minimum Gasteiger partial charge on any atom is -0.316 e. The molecule has 0 aliphatic heterocycles. The van der Waals surface area contributed by atoms with Gasteiger partial charge in [-0.3, -0.25) is 0 Å². The van der Waals surface area contributed by atoms with Gasteiger partial charge in [0, 0.05) is 12.4 Å². The number of halogens is 1. The summed E-state index contributed by atoms with van der Waals surface area (Å²) in [5.41, 5.74) is 3.14. The zero-order chi connectivity index (χ0) is 13.5. The van der Waals surface area contributed by atoms with Crippen LogP contribution in [0.1, 0.15) is 49.7 Å². The van der Waals surface area contributed by atoms with E-state index in [1.165, 1.54) is 25.7 Å². The highest BCUT2D eigenvalue weighted by atomic mass is 35.5. The zero-order valence-electron chi connectivity index (χ0n) is 12.0. The molecule has 0 aromatic heterocycles. The Morgan fingerprint density at radius 2 is 2.21 bits per heavy atom. The number of alkyl halides is 1. The zero-order valence-corrected chi connectivity index (χ0v) is 12.8. The van der Waals surface area contributed by atoms with E-state index in [9.17, 15) is 0 Å². The van der Waals surface area contributed by atoms with Crippen molar-refractivity contribution in [3.05, 3.63) is 35.4 Å². The fraction of sp³-hybridized carbons (Fsp3) is 0.647. The van der Waals surface area contributed by atoms with Crippen molar-refractivity contribution in [3.8, 4) is 0 Å². The predicted molar refractivity (Wildman–Crippen MR) is 84.1 cm³/mol. The largest absolute Gasteiger partial charge is 0.316 e. The summed E-state index contributed by atoms with van der Waals surface area (Å²) < 4.78 is 0. The normalized spacial score (nSPS) is 20.0. The number of rotatable bonds is 7. The summed E-state index contributed by atoms with van der Waals surface area (Å²) in [5, 5.41) is 3.67. The maximum Gasteiger partial charge on any atom is 0.0226 e. The van der Waals surface area contributed by atoms with E-state index < -0.39 is 0 Å². The average Bonchev–Trinajstić information content (AvgIpc) is 2.46. The molecular weight excluding hydrogens is 254 g/mol. The fourth-order valence-corrected chi connectivity index (χ4v) is 3.44. The summed E-state index contributed by atoms with van der Waals surface area (Å²) in [7, 11) is 0. The van der Waals surface area contributed by atoms with Gasteiger partial charge in [-0.2, -0.15) is 0 Å². The molecule has 0 bridgehead atoms. The van der Waals surface area contributed by atoms with Crippen LogP contribution in [-0.4, -0.2) is 19.0 Å². The maximum atomic E-state index is 5.84. The van der Waals surface area contributed by atoms with Crippen LogP contribution in [0.15, 0.2) is 24.3 Å². The lowest BCUT2D eigenvalue weighted by atomic mass is 9.83. The lowest BCUT2D eigenvalue weighted by Gasteiger charge is -2.26. The number of aryl methyl sites for hydroxylation is 1. The second-order valence-corrected chi connectivity index (χ2v) is 6.08. The quantitative estimate of drug-likeness (QED) is 0.732. The Hall–Kier alpha value is -0.530. The third-order valence-electron chi connectivity index (χ3n) is 4.41. The van der Waals surface area contributed by atoms with Crippen molar-refractivity contribution < 1.29 is 0 Å². The molecule has 106 valence electrons. The standard InChI is InChI=1S/C17H26ClN/c1-2-14(10-11-18)12-19-13-16-8-5-7-15-6-3-4-9-17(15)16/h3-4,6,9,14,16,19H,2,5,7-8,10-13H2,1H3. The molecule has 0 amide bonds. The summed E-state index contributed by atoms with van der Waals surface area (Å²) in [6.07, 6.45) is 6.28. The van der Waals surface area contributed by atoms with Crippen LogP contribution in [0.3, 0.4) is 0 Å². The van der Waals surface area contributed by atoms with Gasteiger partial charge in [-0.05, 0) is 55.2 Å². The van der Waals surface area contributed by atoms with E-state index >= 15 is 0 Å². The Labute approximate surface area is 122 Å². The van der Waals surface area contributed by atoms with E-state index in [-0.39, 0.29) is 0 Å². The van der Waals surface area contributed by atoms with Gasteiger partial charge in [-0.1, -0.05) is 37.6 Å². The second-order valence-electron chi connectivity index (χ2n) is 5.70. The molecule has 1 aliphatic rings. The minimum absolute atomic E-state index is 0.707. The van der Waals surface area contributed by atoms with E-state index in [0.29, 0.717) is 5.92 Å². The molecule has 0 fully saturated rings. The molecule has 1 aromatic carbocycles. The molecule has 19 heavy (non-hydrogen) atoms. The SMILES string of the molecule is CCC(CCCl)CNCC1CCCc2ccccc21. The Bertz CT molecular complexity index is 377. The molecular formula is C17H26ClN. The highest BCUT2D eigenvalue weighted by molar-refractivity contribution is 6.17. The molecule has 2 atom stereocenters. The smallest absolute Gasteiger partial charge is 0.0226 e. The topological polar surface area (TPSA) is 12.0 Å². The molecule has 0 heterocycles. The molecule has 0 radical (unpaired) electrons. The van der Waals surface area contributed by atoms with Gasteiger partial charge in [0.2, 0.25) is 0 Å². The van der Waals surface area contributed by atoms with Crippen LogP contribution in [0.2, 0.25) is 0 Å². The molecule has 1 nitrogen and oxygen atoms in total. The number of fused-ring (bicyclic) bond motifs is 1. The highest BCUT2D eigenvalue weighted by Gasteiger charge is 2.19. The van der Waals surface area contributed by atoms with Crippen molar-refractivity contribution in [1.29, 1.82) is 0 Å². The molecule has 1 aliphatic carbocycles. The summed E-state index contributed by atoms with van der Waals surface area (Å²) in [6, 6.07) is 8.96. The van der Waals surface area contributed by atoms with Gasteiger partial charge >= 0.3 is 0 Å². The molecule has 0 saturated heterocycles. The summed E-state index contributed by atoms with van der Waals surface area (Å²) >= 11 is 5.84. The van der Waals surface area contributed by atoms with Gasteiger partial charge in [0.1, 0.15) is 0 Å². The van der Waals surface area contributed by atoms with Crippen LogP contribution in [0, 0.1) is 5.92 Å². The van der Waals surface area contributed by atoms with Crippen LogP contribution in [0.5, 0.6) is 0 Å². The predicted octanol–water partition coefficient (Wildman–Crippen LogP) is 4.35. The van der Waals surface area contributed by atoms with Gasteiger partial charge in [-0.15, -0.1) is 11.6 Å². The van der Waals surface area contributed by atoms with E-state index in [1.54, 1.807) is 11.1 Å². The number of hydrogen-bond acceptors (Lipinski definition) is 1. The summed E-state index contributed by atoms with van der Waals surface area (Å²) in [6.45, 7) is 4.49. The molecule has 1 aromatic rings. The number of nitrogens with one attached hydrogen (secondary N) is 1. The molecule has 2 rings (SSSR count). The number of benzene rings is 1. The molecule has 0 spiro atoms. The average molecular weight is 280 g/mol. The van der Waals surface area contributed by atoms with Crippen molar-refractivity contribution in [2.24, 2.45) is 5.92 Å². The fourth-order valence-electron chi connectivity index (χ4n) is 3.13. The van der Waals surface area contributed by atoms with Crippen molar-refractivity contribution in [2.75, 3.05) is 19.0 Å². The molecule has 2 heteroatoms. The van der Waals surface area contributed by atoms with Crippen molar-refractivity contribution in [1.82, 2.24) is 5.32 Å². The minimum atomic E-state index is 0.707. The summed E-state index contributed by atoms with van der Waals surface area (Å²) in [5.74, 6) is 2.22. The van der Waals surface area contributed by atoms with Crippen LogP contribution < -0.4 is 5.32 Å². The van der Waals surface area contributed by atoms with E-state index in [1.807, 2.05) is 0 Å². The Balaban J connectivity index is 1.84. The monoisotopic (exact) mass is 279 g/mol. The molecule has 2 unspecified atom stereocenters. The lowest BCUT2D eigenvalue weighted by Crippen LogP contribution is -2.29. The van der Waals surface area contributed by atoms with E-state index in [0.717, 1.165) is 31.3 Å². The van der Waals surface area contributed by atoms with Crippen molar-refractivity contribution in [2.45, 2.75) is 44.9 Å². The first-order chi connectivity index (χ1) is 9.35. The van der Waals surface area contributed by atoms with Crippen LogP contribution in [0.4, 0.5) is 0 Å².